The second-order valence-corrected chi connectivity index (χ2v) is 5.67. The fraction of sp³-hybridized carbons (Fsp3) is 0.111. The lowest BCUT2D eigenvalue weighted by Gasteiger charge is -2.01. The summed E-state index contributed by atoms with van der Waals surface area (Å²) in [6.07, 6.45) is 0. The van der Waals surface area contributed by atoms with E-state index in [0.717, 1.165) is 22.8 Å². The number of rotatable bonds is 5. The molecule has 0 unspecified atom stereocenters. The highest BCUT2D eigenvalue weighted by atomic mass is 32.1. The van der Waals surface area contributed by atoms with E-state index in [9.17, 15) is 4.79 Å². The lowest BCUT2D eigenvalue weighted by molar-refractivity contribution is 0.104. The molecule has 3 rings (SSSR count). The largest absolute Gasteiger partial charge is 0.497 e. The Balaban J connectivity index is 1.83. The van der Waals surface area contributed by atoms with Crippen molar-refractivity contribution in [3.63, 3.8) is 0 Å². The van der Waals surface area contributed by atoms with Gasteiger partial charge in [-0.15, -0.1) is 0 Å². The molecule has 0 saturated carbocycles. The van der Waals surface area contributed by atoms with E-state index in [0.29, 0.717) is 10.4 Å². The molecule has 0 fully saturated rings. The molecular weight excluding hydrogens is 310 g/mol. The van der Waals surface area contributed by atoms with Crippen LogP contribution in [0.1, 0.15) is 15.2 Å². The van der Waals surface area contributed by atoms with Gasteiger partial charge in [-0.05, 0) is 66.1 Å². The SMILES string of the molecule is COc1ccc(C(=O)c2cc(-c3ccc(OC)cc3)ns2)cc1. The number of hydrogen-bond acceptors (Lipinski definition) is 5. The quantitative estimate of drug-likeness (QED) is 0.664. The van der Waals surface area contributed by atoms with Gasteiger partial charge < -0.3 is 9.47 Å². The minimum Gasteiger partial charge on any atom is -0.497 e. The molecule has 0 spiro atoms. The van der Waals surface area contributed by atoms with Crippen molar-refractivity contribution in [1.82, 2.24) is 4.37 Å². The third-order valence-corrected chi connectivity index (χ3v) is 4.26. The van der Waals surface area contributed by atoms with Gasteiger partial charge in [-0.2, -0.15) is 4.37 Å². The summed E-state index contributed by atoms with van der Waals surface area (Å²) < 4.78 is 14.6. The van der Waals surface area contributed by atoms with E-state index in [1.165, 1.54) is 11.5 Å². The maximum atomic E-state index is 12.5. The minimum atomic E-state index is -0.0371. The van der Waals surface area contributed by atoms with Crippen LogP contribution in [-0.4, -0.2) is 24.4 Å². The van der Waals surface area contributed by atoms with E-state index in [-0.39, 0.29) is 5.78 Å². The molecule has 116 valence electrons. The van der Waals surface area contributed by atoms with Crippen molar-refractivity contribution in [3.8, 4) is 22.8 Å². The molecule has 0 aliphatic carbocycles. The number of methoxy groups -OCH3 is 2. The standard InChI is InChI=1S/C18H15NO3S/c1-21-14-7-3-12(4-8-14)16-11-17(23-19-16)18(20)13-5-9-15(22-2)10-6-13/h3-11H,1-2H3. The lowest BCUT2D eigenvalue weighted by Crippen LogP contribution is -1.98. The fourth-order valence-electron chi connectivity index (χ4n) is 2.16. The maximum absolute atomic E-state index is 12.5. The molecule has 0 bridgehead atoms. The van der Waals surface area contributed by atoms with Crippen molar-refractivity contribution in [1.29, 1.82) is 0 Å². The number of benzene rings is 2. The first-order valence-corrected chi connectivity index (χ1v) is 7.78. The van der Waals surface area contributed by atoms with Crippen LogP contribution in [0.3, 0.4) is 0 Å². The number of carbonyl (C=O) groups is 1. The van der Waals surface area contributed by atoms with Gasteiger partial charge in [0.15, 0.2) is 0 Å². The first-order chi connectivity index (χ1) is 11.2. The Morgan fingerprint density at radius 2 is 1.48 bits per heavy atom. The molecule has 2 aromatic carbocycles. The van der Waals surface area contributed by atoms with Crippen molar-refractivity contribution < 1.29 is 14.3 Å². The van der Waals surface area contributed by atoms with Gasteiger partial charge in [0.25, 0.3) is 0 Å². The van der Waals surface area contributed by atoms with Gasteiger partial charge in [0.1, 0.15) is 11.5 Å². The van der Waals surface area contributed by atoms with Crippen molar-refractivity contribution in [2.24, 2.45) is 0 Å². The second kappa shape index (κ2) is 6.62. The monoisotopic (exact) mass is 325 g/mol. The van der Waals surface area contributed by atoms with Crippen LogP contribution in [0.2, 0.25) is 0 Å². The molecule has 1 aromatic heterocycles. The van der Waals surface area contributed by atoms with Crippen molar-refractivity contribution in [3.05, 3.63) is 65.0 Å². The predicted octanol–water partition coefficient (Wildman–Crippen LogP) is 4.06. The lowest BCUT2D eigenvalue weighted by atomic mass is 10.1. The zero-order chi connectivity index (χ0) is 16.2. The zero-order valence-electron chi connectivity index (χ0n) is 12.8. The summed E-state index contributed by atoms with van der Waals surface area (Å²) in [5.41, 5.74) is 2.36. The Labute approximate surface area is 138 Å². The molecule has 0 aliphatic rings. The summed E-state index contributed by atoms with van der Waals surface area (Å²) in [6, 6.07) is 16.5. The van der Waals surface area contributed by atoms with Gasteiger partial charge in [-0.25, -0.2) is 0 Å². The van der Waals surface area contributed by atoms with Crippen LogP contribution >= 0.6 is 11.5 Å². The van der Waals surface area contributed by atoms with Crippen LogP contribution in [0.25, 0.3) is 11.3 Å². The number of ketones is 1. The number of hydrogen-bond donors (Lipinski definition) is 0. The molecule has 0 saturated heterocycles. The Morgan fingerprint density at radius 1 is 0.913 bits per heavy atom. The van der Waals surface area contributed by atoms with Crippen molar-refractivity contribution >= 4 is 17.3 Å². The second-order valence-electron chi connectivity index (χ2n) is 4.86. The molecule has 3 aromatic rings. The Bertz CT molecular complexity index is 807. The van der Waals surface area contributed by atoms with Crippen LogP contribution in [0.4, 0.5) is 0 Å². The van der Waals surface area contributed by atoms with E-state index in [1.807, 2.05) is 30.3 Å². The molecule has 1 heterocycles. The van der Waals surface area contributed by atoms with Crippen LogP contribution in [0, 0.1) is 0 Å². The Hall–Kier alpha value is -2.66. The van der Waals surface area contributed by atoms with Crippen LogP contribution < -0.4 is 9.47 Å². The summed E-state index contributed by atoms with van der Waals surface area (Å²) in [7, 11) is 3.23. The van der Waals surface area contributed by atoms with Gasteiger partial charge in [0, 0.05) is 11.1 Å². The van der Waals surface area contributed by atoms with E-state index in [1.54, 1.807) is 38.5 Å². The Morgan fingerprint density at radius 3 is 2.04 bits per heavy atom. The van der Waals surface area contributed by atoms with Crippen LogP contribution in [-0.2, 0) is 0 Å². The van der Waals surface area contributed by atoms with E-state index >= 15 is 0 Å². The topological polar surface area (TPSA) is 48.4 Å². The molecule has 5 heteroatoms. The predicted molar refractivity (Wildman–Crippen MR) is 90.5 cm³/mol. The molecule has 23 heavy (non-hydrogen) atoms. The smallest absolute Gasteiger partial charge is 0.204 e. The highest BCUT2D eigenvalue weighted by molar-refractivity contribution is 7.08. The molecule has 0 aliphatic heterocycles. The van der Waals surface area contributed by atoms with Gasteiger partial charge in [-0.1, -0.05) is 0 Å². The first-order valence-electron chi connectivity index (χ1n) is 7.01. The summed E-state index contributed by atoms with van der Waals surface area (Å²) in [5, 5.41) is 0. The number of aromatic nitrogens is 1. The van der Waals surface area contributed by atoms with Gasteiger partial charge >= 0.3 is 0 Å². The highest BCUT2D eigenvalue weighted by Crippen LogP contribution is 2.26. The average molecular weight is 325 g/mol. The number of ether oxygens (including phenoxy) is 2. The summed E-state index contributed by atoms with van der Waals surface area (Å²) in [6.45, 7) is 0. The average Bonchev–Trinajstić information content (AvgIpc) is 3.11. The third-order valence-electron chi connectivity index (χ3n) is 3.47. The molecular formula is C18H15NO3S. The van der Waals surface area contributed by atoms with Crippen molar-refractivity contribution in [2.45, 2.75) is 0 Å². The molecule has 0 N–H and O–H groups in total. The van der Waals surface area contributed by atoms with Crippen LogP contribution in [0.5, 0.6) is 11.5 Å². The number of carbonyl (C=O) groups excluding carboxylic acids is 1. The van der Waals surface area contributed by atoms with Gasteiger partial charge in [-0.3, -0.25) is 4.79 Å². The number of nitrogens with zero attached hydrogens (tertiary/aromatic N) is 1. The minimum absolute atomic E-state index is 0.0371. The van der Waals surface area contributed by atoms with E-state index < -0.39 is 0 Å². The molecule has 0 radical (unpaired) electrons. The fourth-order valence-corrected chi connectivity index (χ4v) is 2.88. The molecule has 0 amide bonds. The highest BCUT2D eigenvalue weighted by Gasteiger charge is 2.14. The van der Waals surface area contributed by atoms with Gasteiger partial charge in [0.05, 0.1) is 24.8 Å². The normalized spacial score (nSPS) is 10.3. The third kappa shape index (κ3) is 3.24. The van der Waals surface area contributed by atoms with Crippen LogP contribution in [0.15, 0.2) is 54.6 Å². The molecule has 4 nitrogen and oxygen atoms in total. The maximum Gasteiger partial charge on any atom is 0.204 e. The van der Waals surface area contributed by atoms with E-state index in [4.69, 9.17) is 9.47 Å². The molecule has 0 atom stereocenters. The Kier molecular flexibility index (Phi) is 4.39. The van der Waals surface area contributed by atoms with Crippen molar-refractivity contribution in [2.75, 3.05) is 14.2 Å². The summed E-state index contributed by atoms with van der Waals surface area (Å²) in [5.74, 6) is 1.48. The van der Waals surface area contributed by atoms with E-state index in [2.05, 4.69) is 4.37 Å². The first kappa shape index (κ1) is 15.2. The summed E-state index contributed by atoms with van der Waals surface area (Å²) in [4.78, 5) is 13.1. The zero-order valence-corrected chi connectivity index (χ0v) is 13.6. The van der Waals surface area contributed by atoms with Gasteiger partial charge in [0.2, 0.25) is 5.78 Å². The summed E-state index contributed by atoms with van der Waals surface area (Å²) >= 11 is 1.21.